The molecule has 1 unspecified atom stereocenters. The average molecular weight is 462 g/mol. The van der Waals surface area contributed by atoms with E-state index in [0.29, 0.717) is 5.66 Å². The molecule has 0 heterocycles. The van der Waals surface area contributed by atoms with Crippen molar-refractivity contribution in [2.24, 2.45) is 0 Å². The molecule has 0 aliphatic carbocycles. The molecule has 3 aromatic rings. The van der Waals surface area contributed by atoms with Crippen LogP contribution in [0.15, 0.2) is 103 Å². The minimum Gasteiger partial charge on any atom is -0.547 e. The van der Waals surface area contributed by atoms with Gasteiger partial charge in [0, 0.05) is 0 Å². The molecule has 3 aromatic carbocycles. The van der Waals surface area contributed by atoms with E-state index in [4.69, 9.17) is 4.43 Å². The summed E-state index contributed by atoms with van der Waals surface area (Å²) in [5, 5.41) is 4.39. The van der Waals surface area contributed by atoms with Crippen LogP contribution in [0, 0.1) is 0 Å². The maximum absolute atomic E-state index is 6.69. The quantitative estimate of drug-likeness (QED) is 0.204. The minimum absolute atomic E-state index is 0.176. The van der Waals surface area contributed by atoms with E-state index in [1.165, 1.54) is 15.9 Å². The first-order chi connectivity index (χ1) is 15.1. The van der Waals surface area contributed by atoms with Gasteiger partial charge >= 0.3 is 0 Å². The Labute approximate surface area is 197 Å². The summed E-state index contributed by atoms with van der Waals surface area (Å²) in [5.41, 5.74) is 0.291. The molecule has 0 radical (unpaired) electrons. The summed E-state index contributed by atoms with van der Waals surface area (Å²) in [7, 11) is -3.83. The molecule has 0 saturated carbocycles. The second-order valence-electron chi connectivity index (χ2n) is 10.1. The molecule has 168 valence electrons. The van der Waals surface area contributed by atoms with Crippen LogP contribution in [0.1, 0.15) is 34.6 Å². The van der Waals surface area contributed by atoms with Crippen molar-refractivity contribution >= 4 is 31.5 Å². The highest BCUT2D eigenvalue weighted by molar-refractivity contribution is 7.96. The van der Waals surface area contributed by atoms with Crippen molar-refractivity contribution in [3.63, 3.8) is 0 Å². The first-order valence-electron chi connectivity index (χ1n) is 11.5. The third kappa shape index (κ3) is 4.92. The normalized spacial score (nSPS) is 14.2. The van der Waals surface area contributed by atoms with Gasteiger partial charge in [-0.05, 0) is 74.5 Å². The van der Waals surface area contributed by atoms with Gasteiger partial charge in [0.2, 0.25) is 8.32 Å². The first kappa shape index (κ1) is 24.5. The lowest BCUT2D eigenvalue weighted by atomic mass is 10.2. The highest BCUT2D eigenvalue weighted by Gasteiger charge is 2.49. The summed E-state index contributed by atoms with van der Waals surface area (Å²) in [6.07, 6.45) is 2.39. The highest BCUT2D eigenvalue weighted by Crippen LogP contribution is 2.60. The zero-order valence-electron chi connectivity index (χ0n) is 20.7. The fourth-order valence-corrected chi connectivity index (χ4v) is 10.0. The van der Waals surface area contributed by atoms with E-state index < -0.39 is 15.6 Å². The molecule has 1 nitrogen and oxygen atoms in total. The molecule has 0 aliphatic rings. The van der Waals surface area contributed by atoms with E-state index in [0.717, 1.165) is 5.76 Å². The van der Waals surface area contributed by atoms with E-state index in [2.05, 4.69) is 145 Å². The third-order valence-electron chi connectivity index (χ3n) is 6.80. The van der Waals surface area contributed by atoms with E-state index >= 15 is 0 Å². The topological polar surface area (TPSA) is 9.23 Å². The fourth-order valence-electron chi connectivity index (χ4n) is 4.18. The van der Waals surface area contributed by atoms with Crippen LogP contribution in [0.2, 0.25) is 18.1 Å². The number of benzene rings is 3. The van der Waals surface area contributed by atoms with Crippen LogP contribution in [0.5, 0.6) is 0 Å². The molecule has 0 amide bonds. The predicted molar refractivity (Wildman–Crippen MR) is 147 cm³/mol. The summed E-state index contributed by atoms with van der Waals surface area (Å²) >= 11 is 0. The second-order valence-corrected chi connectivity index (χ2v) is 18.6. The van der Waals surface area contributed by atoms with Crippen molar-refractivity contribution in [3.8, 4) is 0 Å². The molecule has 0 N–H and O–H groups in total. The minimum atomic E-state index is -1.95. The summed E-state index contributed by atoms with van der Waals surface area (Å²) < 4.78 is 6.69. The molecule has 0 fully saturated rings. The summed E-state index contributed by atoms with van der Waals surface area (Å²) in [4.78, 5) is 0. The van der Waals surface area contributed by atoms with E-state index in [1.54, 1.807) is 0 Å². The molecule has 3 heteroatoms. The average Bonchev–Trinajstić information content (AvgIpc) is 2.75. The van der Waals surface area contributed by atoms with Crippen molar-refractivity contribution in [1.82, 2.24) is 0 Å². The third-order valence-corrected chi connectivity index (χ3v) is 16.0. The van der Waals surface area contributed by atoms with E-state index in [9.17, 15) is 0 Å². The Morgan fingerprint density at radius 3 is 1.41 bits per heavy atom. The second kappa shape index (κ2) is 9.77. The number of hydrogen-bond acceptors (Lipinski definition) is 1. The zero-order chi connectivity index (χ0) is 23.4. The molecular weight excluding hydrogens is 423 g/mol. The molecule has 0 spiro atoms. The van der Waals surface area contributed by atoms with Gasteiger partial charge in [0.05, 0.1) is 5.76 Å². The Hall–Kier alpha value is -2.15. The molecule has 0 bridgehead atoms. The molecule has 32 heavy (non-hydrogen) atoms. The van der Waals surface area contributed by atoms with Crippen molar-refractivity contribution in [2.75, 3.05) is 0 Å². The molecular formula is C29H38OPSi+. The van der Waals surface area contributed by atoms with Crippen LogP contribution < -0.4 is 15.9 Å². The van der Waals surface area contributed by atoms with Crippen LogP contribution in [-0.4, -0.2) is 14.0 Å². The number of hydrogen-bond donors (Lipinski definition) is 0. The van der Waals surface area contributed by atoms with Crippen LogP contribution in [-0.2, 0) is 4.43 Å². The van der Waals surface area contributed by atoms with Gasteiger partial charge in [-0.3, -0.25) is 0 Å². The summed E-state index contributed by atoms with van der Waals surface area (Å²) in [5.74, 6) is 1.05. The van der Waals surface area contributed by atoms with Gasteiger partial charge < -0.3 is 4.43 Å². The van der Waals surface area contributed by atoms with Gasteiger partial charge in [0.15, 0.2) is 0 Å². The highest BCUT2D eigenvalue weighted by atomic mass is 31.2. The fraction of sp³-hybridized carbons (Fsp3) is 0.310. The monoisotopic (exact) mass is 461 g/mol. The van der Waals surface area contributed by atoms with Crippen molar-refractivity contribution < 1.29 is 4.43 Å². The van der Waals surface area contributed by atoms with Crippen LogP contribution >= 0.6 is 7.26 Å². The molecule has 0 aliphatic heterocycles. The number of allylic oxidation sites excluding steroid dienone is 2. The van der Waals surface area contributed by atoms with Gasteiger partial charge in [-0.2, -0.15) is 0 Å². The van der Waals surface area contributed by atoms with Crippen LogP contribution in [0.25, 0.3) is 0 Å². The Morgan fingerprint density at radius 2 is 1.09 bits per heavy atom. The van der Waals surface area contributed by atoms with E-state index in [-0.39, 0.29) is 5.04 Å². The summed E-state index contributed by atoms with van der Waals surface area (Å²) in [6.45, 7) is 16.1. The van der Waals surface area contributed by atoms with Crippen molar-refractivity contribution in [2.45, 2.75) is 58.4 Å². The number of rotatable bonds is 7. The van der Waals surface area contributed by atoms with Gasteiger partial charge in [-0.25, -0.2) is 0 Å². The lowest BCUT2D eigenvalue weighted by Gasteiger charge is -2.37. The predicted octanol–water partition coefficient (Wildman–Crippen LogP) is 7.29. The Balaban J connectivity index is 2.21. The van der Waals surface area contributed by atoms with Gasteiger partial charge in [-0.15, -0.1) is 0 Å². The van der Waals surface area contributed by atoms with Gasteiger partial charge in [0.1, 0.15) is 28.8 Å². The standard InChI is InChI=1S/C29H38OPSi/c1-24(30-32(6,7)29(3,4)5)23-25(2)31(26-17-11-8-12-18-26,27-19-13-9-14-20-27)28-21-15-10-16-22-28/h8-23,25H,1-7H3/q+1/b24-23+. The maximum atomic E-state index is 6.69. The van der Waals surface area contributed by atoms with Gasteiger partial charge in [0.25, 0.3) is 0 Å². The Morgan fingerprint density at radius 1 is 0.750 bits per heavy atom. The Bertz CT molecular complexity index is 924. The molecule has 3 rings (SSSR count). The van der Waals surface area contributed by atoms with E-state index in [1.807, 2.05) is 0 Å². The van der Waals surface area contributed by atoms with Crippen molar-refractivity contribution in [1.29, 1.82) is 0 Å². The van der Waals surface area contributed by atoms with Crippen LogP contribution in [0.4, 0.5) is 0 Å². The smallest absolute Gasteiger partial charge is 0.250 e. The van der Waals surface area contributed by atoms with Gasteiger partial charge in [-0.1, -0.05) is 75.4 Å². The first-order valence-corrected chi connectivity index (χ1v) is 16.3. The van der Waals surface area contributed by atoms with Crippen molar-refractivity contribution in [3.05, 3.63) is 103 Å². The van der Waals surface area contributed by atoms with Crippen LogP contribution in [0.3, 0.4) is 0 Å². The zero-order valence-corrected chi connectivity index (χ0v) is 22.6. The largest absolute Gasteiger partial charge is 0.547 e. The lowest BCUT2D eigenvalue weighted by Crippen LogP contribution is -2.40. The molecule has 0 aromatic heterocycles. The lowest BCUT2D eigenvalue weighted by molar-refractivity contribution is 0.384. The Kier molecular flexibility index (Phi) is 7.48. The summed E-state index contributed by atoms with van der Waals surface area (Å²) in [6, 6.07) is 33.2. The molecule has 0 saturated heterocycles. The molecule has 1 atom stereocenters. The maximum Gasteiger partial charge on any atom is 0.250 e. The SMILES string of the molecule is C/C(=C\C(C)[P+](c1ccccc1)(c1ccccc1)c1ccccc1)O[Si](C)(C)C(C)(C)C.